The van der Waals surface area contributed by atoms with Gasteiger partial charge in [0, 0.05) is 12.6 Å². The molecular weight excluding hydrogens is 279 g/mol. The van der Waals surface area contributed by atoms with Gasteiger partial charge < -0.3 is 10.6 Å². The molecule has 0 radical (unpaired) electrons. The number of benzene rings is 1. The van der Waals surface area contributed by atoms with Gasteiger partial charge in [-0.1, -0.05) is 13.0 Å². The van der Waals surface area contributed by atoms with Crippen LogP contribution in [-0.2, 0) is 0 Å². The van der Waals surface area contributed by atoms with Crippen molar-refractivity contribution in [2.75, 3.05) is 17.2 Å². The van der Waals surface area contributed by atoms with Crippen molar-refractivity contribution in [3.8, 4) is 0 Å². The molecule has 0 bridgehead atoms. The molecule has 1 aromatic heterocycles. The van der Waals surface area contributed by atoms with Crippen LogP contribution in [0.15, 0.2) is 24.3 Å². The molecule has 0 unspecified atom stereocenters. The third-order valence-electron chi connectivity index (χ3n) is 2.85. The van der Waals surface area contributed by atoms with Crippen LogP contribution in [-0.4, -0.2) is 11.5 Å². The Hall–Kier alpha value is -2.24. The Bertz CT molecular complexity index is 644. The quantitative estimate of drug-likeness (QED) is 0.860. The van der Waals surface area contributed by atoms with Gasteiger partial charge in [-0.05, 0) is 31.0 Å². The summed E-state index contributed by atoms with van der Waals surface area (Å²) < 4.78 is 41.0. The number of pyridine rings is 1. The maximum absolute atomic E-state index is 13.7. The average molecular weight is 295 g/mol. The highest BCUT2D eigenvalue weighted by Gasteiger charge is 2.13. The van der Waals surface area contributed by atoms with E-state index in [1.165, 1.54) is 12.1 Å². The Balaban J connectivity index is 2.30. The first-order chi connectivity index (χ1) is 10.0. The van der Waals surface area contributed by atoms with Crippen LogP contribution in [0.3, 0.4) is 0 Å². The van der Waals surface area contributed by atoms with Crippen LogP contribution < -0.4 is 10.6 Å². The first kappa shape index (κ1) is 15.2. The predicted octanol–water partition coefficient (Wildman–Crippen LogP) is 4.37. The fraction of sp³-hybridized carbons (Fsp3) is 0.267. The second kappa shape index (κ2) is 6.47. The lowest BCUT2D eigenvalue weighted by Crippen LogP contribution is -2.08. The molecule has 0 aliphatic heterocycles. The SMILES string of the molecule is CCCNc1nc(Nc2ccc(C)cc2F)c(F)cc1F. The lowest BCUT2D eigenvalue weighted by molar-refractivity contribution is 0.578. The number of hydrogen-bond donors (Lipinski definition) is 2. The first-order valence-corrected chi connectivity index (χ1v) is 6.64. The summed E-state index contributed by atoms with van der Waals surface area (Å²) in [5.74, 6) is -2.47. The summed E-state index contributed by atoms with van der Waals surface area (Å²) in [6, 6.07) is 5.21. The van der Waals surface area contributed by atoms with Crippen LogP contribution >= 0.6 is 0 Å². The average Bonchev–Trinajstić information content (AvgIpc) is 2.43. The number of anilines is 3. The highest BCUT2D eigenvalue weighted by molar-refractivity contribution is 5.60. The number of nitrogens with one attached hydrogen (secondary N) is 2. The minimum Gasteiger partial charge on any atom is -0.368 e. The number of aromatic nitrogens is 1. The van der Waals surface area contributed by atoms with E-state index in [0.717, 1.165) is 18.1 Å². The highest BCUT2D eigenvalue weighted by Crippen LogP contribution is 2.24. The van der Waals surface area contributed by atoms with Gasteiger partial charge in [0.05, 0.1) is 5.69 Å². The van der Waals surface area contributed by atoms with Crippen molar-refractivity contribution in [1.29, 1.82) is 0 Å². The lowest BCUT2D eigenvalue weighted by atomic mass is 10.2. The molecule has 0 aliphatic carbocycles. The van der Waals surface area contributed by atoms with Gasteiger partial charge in [-0.25, -0.2) is 18.2 Å². The Labute approximate surface area is 121 Å². The molecule has 112 valence electrons. The van der Waals surface area contributed by atoms with E-state index < -0.39 is 17.5 Å². The molecule has 0 atom stereocenters. The summed E-state index contributed by atoms with van der Waals surface area (Å²) >= 11 is 0. The van der Waals surface area contributed by atoms with E-state index >= 15 is 0 Å². The van der Waals surface area contributed by atoms with Gasteiger partial charge in [0.25, 0.3) is 0 Å². The largest absolute Gasteiger partial charge is 0.368 e. The van der Waals surface area contributed by atoms with Crippen LogP contribution in [0.25, 0.3) is 0 Å². The normalized spacial score (nSPS) is 10.5. The zero-order chi connectivity index (χ0) is 15.4. The van der Waals surface area contributed by atoms with Gasteiger partial charge in [-0.2, -0.15) is 0 Å². The van der Waals surface area contributed by atoms with Crippen LogP contribution in [0.4, 0.5) is 30.5 Å². The second-order valence-electron chi connectivity index (χ2n) is 4.68. The van der Waals surface area contributed by atoms with Gasteiger partial charge in [-0.15, -0.1) is 0 Å². The molecule has 2 aromatic rings. The van der Waals surface area contributed by atoms with Crippen LogP contribution in [0.1, 0.15) is 18.9 Å². The van der Waals surface area contributed by atoms with E-state index in [-0.39, 0.29) is 17.3 Å². The lowest BCUT2D eigenvalue weighted by Gasteiger charge is -2.11. The summed E-state index contributed by atoms with van der Waals surface area (Å²) in [5, 5.41) is 5.30. The Morgan fingerprint density at radius 2 is 1.71 bits per heavy atom. The molecule has 6 heteroatoms. The molecule has 2 rings (SSSR count). The summed E-state index contributed by atoms with van der Waals surface area (Å²) in [5.41, 5.74) is 0.830. The van der Waals surface area contributed by atoms with Crippen molar-refractivity contribution in [2.24, 2.45) is 0 Å². The fourth-order valence-corrected chi connectivity index (χ4v) is 1.77. The maximum atomic E-state index is 13.7. The Kier molecular flexibility index (Phi) is 4.67. The zero-order valence-electron chi connectivity index (χ0n) is 11.8. The Morgan fingerprint density at radius 3 is 2.38 bits per heavy atom. The van der Waals surface area contributed by atoms with Crippen molar-refractivity contribution in [3.05, 3.63) is 47.3 Å². The maximum Gasteiger partial charge on any atom is 0.169 e. The van der Waals surface area contributed by atoms with Crippen LogP contribution in [0.5, 0.6) is 0 Å². The molecular formula is C15H16F3N3. The standard InChI is InChI=1S/C15H16F3N3/c1-3-6-19-14-11(17)8-12(18)15(21-14)20-13-5-4-9(2)7-10(13)16/h4-5,7-8H,3,6H2,1-2H3,(H2,19,20,21). The zero-order valence-corrected chi connectivity index (χ0v) is 11.8. The molecule has 0 spiro atoms. The third kappa shape index (κ3) is 3.65. The monoisotopic (exact) mass is 295 g/mol. The summed E-state index contributed by atoms with van der Waals surface area (Å²) in [6.07, 6.45) is 0.772. The second-order valence-corrected chi connectivity index (χ2v) is 4.68. The molecule has 0 fully saturated rings. The Morgan fingerprint density at radius 1 is 1.00 bits per heavy atom. The van der Waals surface area contributed by atoms with Crippen molar-refractivity contribution >= 4 is 17.3 Å². The van der Waals surface area contributed by atoms with E-state index in [4.69, 9.17) is 0 Å². The smallest absolute Gasteiger partial charge is 0.169 e. The van der Waals surface area contributed by atoms with E-state index in [1.54, 1.807) is 13.0 Å². The summed E-state index contributed by atoms with van der Waals surface area (Å²) in [4.78, 5) is 3.83. The first-order valence-electron chi connectivity index (χ1n) is 6.64. The molecule has 1 aromatic carbocycles. The van der Waals surface area contributed by atoms with E-state index in [0.29, 0.717) is 6.54 Å². The molecule has 0 aliphatic rings. The number of rotatable bonds is 5. The molecule has 2 N–H and O–H groups in total. The van der Waals surface area contributed by atoms with Crippen molar-refractivity contribution in [1.82, 2.24) is 4.98 Å². The minimum absolute atomic E-state index is 0.0618. The molecule has 0 saturated carbocycles. The fourth-order valence-electron chi connectivity index (χ4n) is 1.77. The minimum atomic E-state index is -0.880. The van der Waals surface area contributed by atoms with Crippen LogP contribution in [0, 0.1) is 24.4 Å². The van der Waals surface area contributed by atoms with Crippen molar-refractivity contribution < 1.29 is 13.2 Å². The highest BCUT2D eigenvalue weighted by atomic mass is 19.1. The van der Waals surface area contributed by atoms with Gasteiger partial charge >= 0.3 is 0 Å². The number of hydrogen-bond acceptors (Lipinski definition) is 3. The van der Waals surface area contributed by atoms with Crippen molar-refractivity contribution in [3.63, 3.8) is 0 Å². The summed E-state index contributed by atoms with van der Waals surface area (Å²) in [7, 11) is 0. The molecule has 0 amide bonds. The van der Waals surface area contributed by atoms with Crippen molar-refractivity contribution in [2.45, 2.75) is 20.3 Å². The molecule has 3 nitrogen and oxygen atoms in total. The van der Waals surface area contributed by atoms with Crippen LogP contribution in [0.2, 0.25) is 0 Å². The van der Waals surface area contributed by atoms with Gasteiger partial charge in [0.2, 0.25) is 0 Å². The predicted molar refractivity (Wildman–Crippen MR) is 77.4 cm³/mol. The number of halogens is 3. The third-order valence-corrected chi connectivity index (χ3v) is 2.85. The van der Waals surface area contributed by atoms with E-state index in [2.05, 4.69) is 15.6 Å². The topological polar surface area (TPSA) is 37.0 Å². The van der Waals surface area contributed by atoms with E-state index in [9.17, 15) is 13.2 Å². The van der Waals surface area contributed by atoms with Gasteiger partial charge in [-0.3, -0.25) is 0 Å². The van der Waals surface area contributed by atoms with Gasteiger partial charge in [0.1, 0.15) is 5.82 Å². The molecule has 0 saturated heterocycles. The molecule has 1 heterocycles. The number of aryl methyl sites for hydroxylation is 1. The number of nitrogens with zero attached hydrogens (tertiary/aromatic N) is 1. The molecule has 21 heavy (non-hydrogen) atoms. The summed E-state index contributed by atoms with van der Waals surface area (Å²) in [6.45, 7) is 4.17. The van der Waals surface area contributed by atoms with Gasteiger partial charge in [0.15, 0.2) is 23.3 Å². The van der Waals surface area contributed by atoms with E-state index in [1.807, 2.05) is 6.92 Å².